The van der Waals surface area contributed by atoms with Gasteiger partial charge in [0.15, 0.2) is 0 Å². The summed E-state index contributed by atoms with van der Waals surface area (Å²) in [6, 6.07) is 16.9. The zero-order valence-corrected chi connectivity index (χ0v) is 13.9. The summed E-state index contributed by atoms with van der Waals surface area (Å²) >= 11 is 3.38. The number of nitrogens with one attached hydrogen (secondary N) is 1. The van der Waals surface area contributed by atoms with Crippen LogP contribution < -0.4 is 5.32 Å². The maximum atomic E-state index is 12.0. The highest BCUT2D eigenvalue weighted by Crippen LogP contribution is 2.37. The molecule has 2 aromatic carbocycles. The van der Waals surface area contributed by atoms with Crippen molar-refractivity contribution in [1.82, 2.24) is 0 Å². The van der Waals surface area contributed by atoms with Crippen LogP contribution in [0.15, 0.2) is 77.3 Å². The third-order valence-electron chi connectivity index (χ3n) is 3.85. The minimum atomic E-state index is -1.37. The Bertz CT molecular complexity index is 769. The summed E-state index contributed by atoms with van der Waals surface area (Å²) in [6.07, 6.45) is 5.79. The molecule has 5 heteroatoms. The van der Waals surface area contributed by atoms with E-state index in [0.717, 1.165) is 10.0 Å². The fourth-order valence-electron chi connectivity index (χ4n) is 2.71. The molecule has 1 aliphatic carbocycles. The number of hydrogen-bond acceptors (Lipinski definition) is 3. The van der Waals surface area contributed by atoms with Crippen molar-refractivity contribution in [3.05, 3.63) is 93.0 Å². The van der Waals surface area contributed by atoms with Crippen molar-refractivity contribution in [3.63, 3.8) is 0 Å². The second-order valence-corrected chi connectivity index (χ2v) is 6.24. The van der Waals surface area contributed by atoms with Gasteiger partial charge in [0.25, 0.3) is 0 Å². The molecule has 2 aromatic rings. The van der Waals surface area contributed by atoms with Crippen LogP contribution in [0.5, 0.6) is 0 Å². The number of allylic oxidation sites excluding steroid dienone is 2. The molecule has 116 valence electrons. The average Bonchev–Trinajstić information content (AvgIpc) is 2.58. The highest BCUT2D eigenvalue weighted by molar-refractivity contribution is 9.10. The quantitative estimate of drug-likeness (QED) is 0.474. The average molecular weight is 371 g/mol. The molecule has 4 nitrogen and oxygen atoms in total. The van der Waals surface area contributed by atoms with E-state index in [2.05, 4.69) is 21.2 Å². The monoisotopic (exact) mass is 370 g/mol. The van der Waals surface area contributed by atoms with Gasteiger partial charge in [-0.2, -0.15) is 0 Å². The fraction of sp³-hybridized carbons (Fsp3) is 0.111. The van der Waals surface area contributed by atoms with Crippen LogP contribution in [0.1, 0.15) is 12.0 Å². The van der Waals surface area contributed by atoms with E-state index in [1.54, 1.807) is 0 Å². The molecular formula is C18H15BrN2O2. The molecule has 0 heterocycles. The molecule has 1 unspecified atom stereocenters. The van der Waals surface area contributed by atoms with Crippen molar-refractivity contribution < 1.29 is 4.92 Å². The van der Waals surface area contributed by atoms with Gasteiger partial charge in [0.05, 0.1) is 16.9 Å². The fourth-order valence-corrected chi connectivity index (χ4v) is 2.98. The van der Waals surface area contributed by atoms with Crippen LogP contribution in [-0.4, -0.2) is 10.6 Å². The SMILES string of the molecule is O=[N+]([O-])C1(Nc2ccc(Br)cc2)CC=CC=C1c1ccccc1. The molecule has 0 saturated carbocycles. The molecule has 1 atom stereocenters. The van der Waals surface area contributed by atoms with E-state index in [4.69, 9.17) is 0 Å². The molecule has 0 bridgehead atoms. The van der Waals surface area contributed by atoms with Gasteiger partial charge < -0.3 is 5.32 Å². The maximum Gasteiger partial charge on any atom is 0.323 e. The third-order valence-corrected chi connectivity index (χ3v) is 4.38. The summed E-state index contributed by atoms with van der Waals surface area (Å²) in [5.41, 5.74) is 0.845. The second kappa shape index (κ2) is 6.38. The van der Waals surface area contributed by atoms with E-state index in [1.807, 2.05) is 72.8 Å². The van der Waals surface area contributed by atoms with E-state index < -0.39 is 5.66 Å². The molecule has 1 N–H and O–H groups in total. The van der Waals surface area contributed by atoms with Gasteiger partial charge >= 0.3 is 5.66 Å². The highest BCUT2D eigenvalue weighted by Gasteiger charge is 2.47. The first-order valence-electron chi connectivity index (χ1n) is 7.23. The molecular weight excluding hydrogens is 356 g/mol. The van der Waals surface area contributed by atoms with Crippen LogP contribution in [0, 0.1) is 10.1 Å². The van der Waals surface area contributed by atoms with Gasteiger partial charge in [-0.1, -0.05) is 58.4 Å². The first-order chi connectivity index (χ1) is 11.1. The minimum Gasteiger partial charge on any atom is -0.317 e. The van der Waals surface area contributed by atoms with Gasteiger partial charge in [-0.15, -0.1) is 0 Å². The Hall–Kier alpha value is -2.40. The molecule has 0 fully saturated rings. The van der Waals surface area contributed by atoms with Crippen molar-refractivity contribution in [2.75, 3.05) is 5.32 Å². The smallest absolute Gasteiger partial charge is 0.317 e. The number of nitrogens with zero attached hydrogens (tertiary/aromatic N) is 1. The largest absolute Gasteiger partial charge is 0.323 e. The summed E-state index contributed by atoms with van der Waals surface area (Å²) < 4.78 is 0.931. The highest BCUT2D eigenvalue weighted by atomic mass is 79.9. The van der Waals surface area contributed by atoms with Gasteiger partial charge in [-0.3, -0.25) is 10.1 Å². The lowest BCUT2D eigenvalue weighted by molar-refractivity contribution is -0.542. The normalized spacial score (nSPS) is 20.0. The lowest BCUT2D eigenvalue weighted by Gasteiger charge is -2.30. The van der Waals surface area contributed by atoms with Crippen molar-refractivity contribution in [3.8, 4) is 0 Å². The van der Waals surface area contributed by atoms with Crippen LogP contribution in [0.3, 0.4) is 0 Å². The van der Waals surface area contributed by atoms with Gasteiger partial charge in [0.2, 0.25) is 0 Å². The molecule has 0 aromatic heterocycles. The number of hydrogen-bond donors (Lipinski definition) is 1. The molecule has 23 heavy (non-hydrogen) atoms. The van der Waals surface area contributed by atoms with Crippen molar-refractivity contribution in [2.45, 2.75) is 12.1 Å². The lowest BCUT2D eigenvalue weighted by atomic mass is 9.86. The van der Waals surface area contributed by atoms with Crippen LogP contribution in [-0.2, 0) is 0 Å². The Morgan fingerprint density at radius 1 is 1.09 bits per heavy atom. The third kappa shape index (κ3) is 3.05. The van der Waals surface area contributed by atoms with Crippen LogP contribution in [0.25, 0.3) is 5.57 Å². The summed E-state index contributed by atoms with van der Waals surface area (Å²) in [6.45, 7) is 0. The second-order valence-electron chi connectivity index (χ2n) is 5.33. The molecule has 0 radical (unpaired) electrons. The summed E-state index contributed by atoms with van der Waals surface area (Å²) in [7, 11) is 0. The number of halogens is 1. The molecule has 0 amide bonds. The zero-order valence-electron chi connectivity index (χ0n) is 12.3. The van der Waals surface area contributed by atoms with Crippen molar-refractivity contribution >= 4 is 27.2 Å². The van der Waals surface area contributed by atoms with Crippen LogP contribution >= 0.6 is 15.9 Å². The summed E-state index contributed by atoms with van der Waals surface area (Å²) in [5, 5.41) is 15.1. The Kier molecular flexibility index (Phi) is 4.30. The predicted octanol–water partition coefficient (Wildman–Crippen LogP) is 4.88. The van der Waals surface area contributed by atoms with Gasteiger partial charge in [-0.05, 0) is 35.9 Å². The first kappa shape index (κ1) is 15.5. The lowest BCUT2D eigenvalue weighted by Crippen LogP contribution is -2.47. The maximum absolute atomic E-state index is 12.0. The number of nitro groups is 1. The van der Waals surface area contributed by atoms with Crippen LogP contribution in [0.2, 0.25) is 0 Å². The van der Waals surface area contributed by atoms with Crippen molar-refractivity contribution in [1.29, 1.82) is 0 Å². The van der Waals surface area contributed by atoms with Crippen molar-refractivity contribution in [2.24, 2.45) is 0 Å². The van der Waals surface area contributed by atoms with E-state index in [1.165, 1.54) is 0 Å². The van der Waals surface area contributed by atoms with Gasteiger partial charge in [0, 0.05) is 10.2 Å². The number of benzene rings is 2. The summed E-state index contributed by atoms with van der Waals surface area (Å²) in [4.78, 5) is 11.8. The topological polar surface area (TPSA) is 55.2 Å². The van der Waals surface area contributed by atoms with E-state index in [-0.39, 0.29) is 11.3 Å². The first-order valence-corrected chi connectivity index (χ1v) is 8.02. The molecule has 3 rings (SSSR count). The molecule has 1 aliphatic rings. The van der Waals surface area contributed by atoms with E-state index in [0.29, 0.717) is 11.3 Å². The van der Waals surface area contributed by atoms with Crippen LogP contribution in [0.4, 0.5) is 5.69 Å². The predicted molar refractivity (Wildman–Crippen MR) is 95.7 cm³/mol. The molecule has 0 saturated heterocycles. The van der Waals surface area contributed by atoms with E-state index >= 15 is 0 Å². The Labute approximate surface area is 142 Å². The zero-order chi connectivity index (χ0) is 16.3. The summed E-state index contributed by atoms with van der Waals surface area (Å²) in [5.74, 6) is 0. The Morgan fingerprint density at radius 3 is 2.43 bits per heavy atom. The van der Waals surface area contributed by atoms with E-state index in [9.17, 15) is 10.1 Å². The minimum absolute atomic E-state index is 0.239. The van der Waals surface area contributed by atoms with Gasteiger partial charge in [-0.25, -0.2) is 0 Å². The number of rotatable bonds is 4. The Morgan fingerprint density at radius 2 is 1.78 bits per heavy atom. The molecule has 0 spiro atoms. The number of anilines is 1. The molecule has 0 aliphatic heterocycles. The van der Waals surface area contributed by atoms with Gasteiger partial charge in [0.1, 0.15) is 0 Å². The standard InChI is InChI=1S/C18H15BrN2O2/c19-15-9-11-16(12-10-15)20-18(21(22)23)13-5-4-8-17(18)14-6-2-1-3-7-14/h1-12,20H,13H2. The Balaban J connectivity index is 2.05.